The van der Waals surface area contributed by atoms with E-state index in [1.807, 2.05) is 6.92 Å². The molecule has 0 aromatic heterocycles. The van der Waals surface area contributed by atoms with E-state index >= 15 is 0 Å². The molecule has 0 heteroatoms. The first-order chi connectivity index (χ1) is 4.81. The largest absolute Gasteiger partial charge is 0.0877 e. The van der Waals surface area contributed by atoms with Gasteiger partial charge in [0.15, 0.2) is 0 Å². The van der Waals surface area contributed by atoms with Crippen molar-refractivity contribution in [2.75, 3.05) is 0 Å². The summed E-state index contributed by atoms with van der Waals surface area (Å²) in [6.45, 7) is 6.46. The van der Waals surface area contributed by atoms with Crippen LogP contribution in [0.15, 0.2) is 23.8 Å². The summed E-state index contributed by atoms with van der Waals surface area (Å²) in [5.41, 5.74) is 1.49. The highest BCUT2D eigenvalue weighted by molar-refractivity contribution is 5.09. The lowest BCUT2D eigenvalue weighted by Gasteiger charge is -1.95. The molecule has 10 heavy (non-hydrogen) atoms. The zero-order valence-electron chi connectivity index (χ0n) is 7.35. The fourth-order valence-electron chi connectivity index (χ4n) is 0.799. The summed E-state index contributed by atoms with van der Waals surface area (Å²) < 4.78 is 0. The highest BCUT2D eigenvalue weighted by Crippen LogP contribution is 2.05. The summed E-state index contributed by atoms with van der Waals surface area (Å²) in [5.74, 6) is 0. The van der Waals surface area contributed by atoms with Crippen LogP contribution in [-0.2, 0) is 0 Å². The molecule has 0 bridgehead atoms. The number of allylic oxidation sites excluding steroid dienone is 4. The molecule has 0 aromatic carbocycles. The van der Waals surface area contributed by atoms with Gasteiger partial charge in [0.25, 0.3) is 0 Å². The molecule has 0 fully saturated rings. The zero-order valence-corrected chi connectivity index (χ0v) is 7.35. The predicted octanol–water partition coefficient (Wildman–Crippen LogP) is 3.70. The minimum Gasteiger partial charge on any atom is -0.0877 e. The summed E-state index contributed by atoms with van der Waals surface area (Å²) in [7, 11) is 0. The Morgan fingerprint density at radius 2 is 2.10 bits per heavy atom. The summed E-state index contributed by atoms with van der Waals surface area (Å²) in [4.78, 5) is 0. The van der Waals surface area contributed by atoms with Gasteiger partial charge >= 0.3 is 0 Å². The Kier molecular flexibility index (Phi) is 6.25. The highest BCUT2D eigenvalue weighted by Gasteiger charge is 1.85. The smallest absolute Gasteiger partial charge is 0.0320 e. The number of unbranched alkanes of at least 4 members (excludes halogenated alkanes) is 1. The van der Waals surface area contributed by atoms with E-state index < -0.39 is 0 Å². The van der Waals surface area contributed by atoms with Gasteiger partial charge in [-0.2, -0.15) is 0 Å². The maximum Gasteiger partial charge on any atom is -0.0320 e. The molecule has 0 aromatic rings. The molecule has 0 atom stereocenters. The Morgan fingerprint density at radius 1 is 1.40 bits per heavy atom. The van der Waals surface area contributed by atoms with Crippen LogP contribution >= 0.6 is 0 Å². The number of hydrogen-bond donors (Lipinski definition) is 0. The molecule has 0 aliphatic heterocycles. The first kappa shape index (κ1) is 9.48. The van der Waals surface area contributed by atoms with Gasteiger partial charge in [-0.3, -0.25) is 0 Å². The summed E-state index contributed by atoms with van der Waals surface area (Å²) in [6.07, 6.45) is 10.2. The lowest BCUT2D eigenvalue weighted by atomic mass is 10.1. The standard InChI is InChI=1S/C10H18/c1-4-6-8-10(3)9-7-5-2/h4,6,8H,5,7,9H2,1-3H3/b6-4+,10-8-. The molecule has 58 valence electrons. The minimum absolute atomic E-state index is 1.25. The van der Waals surface area contributed by atoms with E-state index in [9.17, 15) is 0 Å². The van der Waals surface area contributed by atoms with E-state index in [2.05, 4.69) is 32.1 Å². The van der Waals surface area contributed by atoms with E-state index in [4.69, 9.17) is 0 Å². The Bertz CT molecular complexity index is 118. The molecule has 0 rings (SSSR count). The Labute approximate surface area is 64.6 Å². The van der Waals surface area contributed by atoms with Crippen molar-refractivity contribution in [2.24, 2.45) is 0 Å². The first-order valence-electron chi connectivity index (χ1n) is 4.09. The van der Waals surface area contributed by atoms with Crippen LogP contribution in [0.3, 0.4) is 0 Å². The van der Waals surface area contributed by atoms with Gasteiger partial charge in [-0.25, -0.2) is 0 Å². The monoisotopic (exact) mass is 138 g/mol. The maximum atomic E-state index is 2.23. The number of hydrogen-bond acceptors (Lipinski definition) is 0. The zero-order chi connectivity index (χ0) is 7.82. The van der Waals surface area contributed by atoms with Gasteiger partial charge in [-0.05, 0) is 26.7 Å². The van der Waals surface area contributed by atoms with Crippen molar-refractivity contribution in [1.29, 1.82) is 0 Å². The lowest BCUT2D eigenvalue weighted by Crippen LogP contribution is -1.75. The van der Waals surface area contributed by atoms with Gasteiger partial charge in [0, 0.05) is 0 Å². The van der Waals surface area contributed by atoms with E-state index in [0.717, 1.165) is 0 Å². The van der Waals surface area contributed by atoms with Crippen molar-refractivity contribution in [1.82, 2.24) is 0 Å². The van der Waals surface area contributed by atoms with E-state index in [0.29, 0.717) is 0 Å². The number of rotatable bonds is 4. The van der Waals surface area contributed by atoms with Gasteiger partial charge in [0.2, 0.25) is 0 Å². The third-order valence-corrected chi connectivity index (χ3v) is 1.50. The van der Waals surface area contributed by atoms with E-state index in [1.165, 1.54) is 24.8 Å². The van der Waals surface area contributed by atoms with Crippen LogP contribution in [-0.4, -0.2) is 0 Å². The molecule has 0 saturated heterocycles. The molecule has 0 aliphatic carbocycles. The second-order valence-electron chi connectivity index (χ2n) is 2.64. The van der Waals surface area contributed by atoms with Crippen molar-refractivity contribution in [3.05, 3.63) is 23.8 Å². The molecule has 0 aliphatic rings. The van der Waals surface area contributed by atoms with Crippen molar-refractivity contribution in [3.8, 4) is 0 Å². The molecule has 0 nitrogen and oxygen atoms in total. The third kappa shape index (κ3) is 5.61. The SMILES string of the molecule is C/C=C/C=C(/C)CCCC. The minimum atomic E-state index is 1.25. The lowest BCUT2D eigenvalue weighted by molar-refractivity contribution is 0.787. The van der Waals surface area contributed by atoms with Crippen LogP contribution in [0.25, 0.3) is 0 Å². The van der Waals surface area contributed by atoms with Crippen LogP contribution in [0.4, 0.5) is 0 Å². The summed E-state index contributed by atoms with van der Waals surface area (Å²) in [5, 5.41) is 0. The van der Waals surface area contributed by atoms with Crippen molar-refractivity contribution in [3.63, 3.8) is 0 Å². The Morgan fingerprint density at radius 3 is 2.60 bits per heavy atom. The average Bonchev–Trinajstić information content (AvgIpc) is 1.97. The van der Waals surface area contributed by atoms with Gasteiger partial charge in [0.05, 0.1) is 0 Å². The average molecular weight is 138 g/mol. The molecule has 0 amide bonds. The molecule has 0 N–H and O–H groups in total. The first-order valence-corrected chi connectivity index (χ1v) is 4.09. The second-order valence-corrected chi connectivity index (χ2v) is 2.64. The molecular formula is C10H18. The summed E-state index contributed by atoms with van der Waals surface area (Å²) in [6, 6.07) is 0. The normalized spacial score (nSPS) is 12.9. The van der Waals surface area contributed by atoms with Gasteiger partial charge < -0.3 is 0 Å². The molecular weight excluding hydrogens is 120 g/mol. The van der Waals surface area contributed by atoms with Gasteiger partial charge in [-0.15, -0.1) is 0 Å². The van der Waals surface area contributed by atoms with Crippen LogP contribution in [0.2, 0.25) is 0 Å². The van der Waals surface area contributed by atoms with Gasteiger partial charge in [-0.1, -0.05) is 37.1 Å². The third-order valence-electron chi connectivity index (χ3n) is 1.50. The molecule has 0 spiro atoms. The molecule has 0 saturated carbocycles. The topological polar surface area (TPSA) is 0 Å². The van der Waals surface area contributed by atoms with E-state index in [-0.39, 0.29) is 0 Å². The van der Waals surface area contributed by atoms with Crippen molar-refractivity contribution < 1.29 is 0 Å². The van der Waals surface area contributed by atoms with Crippen molar-refractivity contribution >= 4 is 0 Å². The second kappa shape index (κ2) is 6.60. The molecule has 0 heterocycles. The fraction of sp³-hybridized carbons (Fsp3) is 0.600. The Hall–Kier alpha value is -0.520. The van der Waals surface area contributed by atoms with Crippen molar-refractivity contribution in [2.45, 2.75) is 40.0 Å². The predicted molar refractivity (Wildman–Crippen MR) is 48.1 cm³/mol. The van der Waals surface area contributed by atoms with Crippen LogP contribution in [0.1, 0.15) is 40.0 Å². The van der Waals surface area contributed by atoms with Crippen LogP contribution in [0, 0.1) is 0 Å². The molecule has 0 unspecified atom stereocenters. The molecule has 0 radical (unpaired) electrons. The summed E-state index contributed by atoms with van der Waals surface area (Å²) >= 11 is 0. The van der Waals surface area contributed by atoms with Crippen LogP contribution < -0.4 is 0 Å². The Balaban J connectivity index is 3.49. The maximum absolute atomic E-state index is 2.23. The van der Waals surface area contributed by atoms with Gasteiger partial charge in [0.1, 0.15) is 0 Å². The van der Waals surface area contributed by atoms with E-state index in [1.54, 1.807) is 0 Å². The highest BCUT2D eigenvalue weighted by atomic mass is 13.9. The van der Waals surface area contributed by atoms with Crippen LogP contribution in [0.5, 0.6) is 0 Å². The quantitative estimate of drug-likeness (QED) is 0.520. The fourth-order valence-corrected chi connectivity index (χ4v) is 0.799.